The fourth-order valence-corrected chi connectivity index (χ4v) is 6.03. The highest BCUT2D eigenvalue weighted by atomic mass is 32.2. The predicted octanol–water partition coefficient (Wildman–Crippen LogP) is 1.70. The third-order valence-electron chi connectivity index (χ3n) is 6.28. The number of sulfonamides is 1. The minimum absolute atomic E-state index is 0.149. The van der Waals surface area contributed by atoms with E-state index >= 15 is 0 Å². The Kier molecular flexibility index (Phi) is 8.76. The summed E-state index contributed by atoms with van der Waals surface area (Å²) in [5, 5.41) is 2.57. The summed E-state index contributed by atoms with van der Waals surface area (Å²) in [4.78, 5) is 29.2. The minimum atomic E-state index is -3.91. The van der Waals surface area contributed by atoms with Crippen molar-refractivity contribution in [3.05, 3.63) is 58.1 Å². The van der Waals surface area contributed by atoms with Gasteiger partial charge in [0.15, 0.2) is 0 Å². The van der Waals surface area contributed by atoms with Crippen molar-refractivity contribution in [2.75, 3.05) is 47.9 Å². The second-order valence-electron chi connectivity index (χ2n) is 9.53. The molecule has 2 amide bonds. The van der Waals surface area contributed by atoms with Crippen molar-refractivity contribution in [1.29, 1.82) is 0 Å². The van der Waals surface area contributed by atoms with Crippen LogP contribution in [0.5, 0.6) is 5.75 Å². The summed E-state index contributed by atoms with van der Waals surface area (Å²) in [6, 6.07) is 9.63. The number of carbonyl (C=O) groups excluding carboxylic acids is 2. The van der Waals surface area contributed by atoms with Gasteiger partial charge in [-0.2, -0.15) is 4.31 Å². The zero-order valence-corrected chi connectivity index (χ0v) is 22.7. The molecule has 196 valence electrons. The number of amides is 2. The van der Waals surface area contributed by atoms with Crippen LogP contribution in [-0.2, 0) is 39.1 Å². The molecule has 1 aliphatic rings. The number of hydrogen-bond acceptors (Lipinski definition) is 6. The van der Waals surface area contributed by atoms with Gasteiger partial charge < -0.3 is 19.9 Å². The first kappa shape index (κ1) is 27.6. The van der Waals surface area contributed by atoms with E-state index in [9.17, 15) is 18.0 Å². The average molecular weight is 517 g/mol. The number of likely N-dealkylation sites (N-methyl/N-ethyl adjacent to an activating group) is 1. The first-order valence-corrected chi connectivity index (χ1v) is 13.3. The number of fused-ring (bicyclic) bond motifs is 1. The van der Waals surface area contributed by atoms with Crippen LogP contribution in [0.25, 0.3) is 0 Å². The Morgan fingerprint density at radius 1 is 1.06 bits per heavy atom. The number of ether oxygens (including phenoxy) is 1. The molecule has 1 aliphatic heterocycles. The van der Waals surface area contributed by atoms with Gasteiger partial charge in [0.05, 0.1) is 25.1 Å². The lowest BCUT2D eigenvalue weighted by Gasteiger charge is -2.29. The summed E-state index contributed by atoms with van der Waals surface area (Å²) in [5.74, 6) is -0.167. The van der Waals surface area contributed by atoms with E-state index in [0.29, 0.717) is 30.0 Å². The summed E-state index contributed by atoms with van der Waals surface area (Å²) in [5.41, 5.74) is 4.67. The van der Waals surface area contributed by atoms with Crippen molar-refractivity contribution < 1.29 is 22.7 Å². The molecule has 0 saturated carbocycles. The summed E-state index contributed by atoms with van der Waals surface area (Å²) in [6.07, 6.45) is 0.762. The van der Waals surface area contributed by atoms with E-state index in [0.717, 1.165) is 22.8 Å². The lowest BCUT2D eigenvalue weighted by atomic mass is 9.97. The van der Waals surface area contributed by atoms with Crippen LogP contribution in [0.1, 0.15) is 27.8 Å². The van der Waals surface area contributed by atoms with Gasteiger partial charge in [0.1, 0.15) is 5.75 Å². The van der Waals surface area contributed by atoms with Crippen LogP contribution in [0.2, 0.25) is 0 Å². The van der Waals surface area contributed by atoms with E-state index in [-0.39, 0.29) is 17.3 Å². The Labute approximate surface area is 214 Å². The molecule has 36 heavy (non-hydrogen) atoms. The molecule has 0 saturated heterocycles. The largest absolute Gasteiger partial charge is 0.497 e. The maximum Gasteiger partial charge on any atom is 0.243 e. The molecule has 0 spiro atoms. The molecule has 10 heteroatoms. The first-order chi connectivity index (χ1) is 16.9. The molecule has 0 fully saturated rings. The van der Waals surface area contributed by atoms with Gasteiger partial charge in [-0.1, -0.05) is 18.2 Å². The summed E-state index contributed by atoms with van der Waals surface area (Å²) in [7, 11) is 3.03. The van der Waals surface area contributed by atoms with Crippen molar-refractivity contribution >= 4 is 21.8 Å². The van der Waals surface area contributed by atoms with E-state index in [1.807, 2.05) is 14.1 Å². The number of benzene rings is 2. The lowest BCUT2D eigenvalue weighted by molar-refractivity contribution is -0.133. The van der Waals surface area contributed by atoms with Gasteiger partial charge in [-0.05, 0) is 74.3 Å². The molecule has 1 heterocycles. The van der Waals surface area contributed by atoms with Crippen LogP contribution in [0.15, 0.2) is 35.2 Å². The minimum Gasteiger partial charge on any atom is -0.497 e. The summed E-state index contributed by atoms with van der Waals surface area (Å²) < 4.78 is 32.4. The van der Waals surface area contributed by atoms with Crippen LogP contribution >= 0.6 is 0 Å². The highest BCUT2D eigenvalue weighted by Crippen LogP contribution is 2.27. The molecule has 3 rings (SSSR count). The summed E-state index contributed by atoms with van der Waals surface area (Å²) in [6.45, 7) is 4.75. The molecular weight excluding hydrogens is 480 g/mol. The molecule has 1 N–H and O–H groups in total. The quantitative estimate of drug-likeness (QED) is 0.545. The smallest absolute Gasteiger partial charge is 0.243 e. The number of nitrogens with zero attached hydrogens (tertiary/aromatic N) is 3. The fourth-order valence-electron chi connectivity index (χ4n) is 4.50. The number of aryl methyl sites for hydroxylation is 2. The molecular formula is C26H36N4O5S. The monoisotopic (exact) mass is 516 g/mol. The fraction of sp³-hybridized carbons (Fsp3) is 0.462. The van der Waals surface area contributed by atoms with Gasteiger partial charge in [0.25, 0.3) is 0 Å². The van der Waals surface area contributed by atoms with Gasteiger partial charge >= 0.3 is 0 Å². The SMILES string of the molecule is COc1cc(C)c(S(=O)(=O)N(C)CC(=O)NCC(=O)N2CCc3cc(CN(C)C)ccc3C2)c(C)c1. The Morgan fingerprint density at radius 3 is 2.33 bits per heavy atom. The molecule has 2 aromatic rings. The molecule has 0 aromatic heterocycles. The van der Waals surface area contributed by atoms with Gasteiger partial charge in [-0.3, -0.25) is 9.59 Å². The van der Waals surface area contributed by atoms with Crippen LogP contribution in [0, 0.1) is 13.8 Å². The third kappa shape index (κ3) is 6.43. The highest BCUT2D eigenvalue weighted by Gasteiger charge is 2.28. The Balaban J connectivity index is 1.56. The molecule has 9 nitrogen and oxygen atoms in total. The van der Waals surface area contributed by atoms with Crippen molar-refractivity contribution in [1.82, 2.24) is 19.4 Å². The molecule has 0 atom stereocenters. The van der Waals surface area contributed by atoms with E-state index in [4.69, 9.17) is 4.74 Å². The van der Waals surface area contributed by atoms with Crippen molar-refractivity contribution in [3.8, 4) is 5.75 Å². The molecule has 0 unspecified atom stereocenters. The molecule has 2 aromatic carbocycles. The van der Waals surface area contributed by atoms with Crippen molar-refractivity contribution in [3.63, 3.8) is 0 Å². The zero-order valence-electron chi connectivity index (χ0n) is 21.9. The van der Waals surface area contributed by atoms with Gasteiger partial charge in [0, 0.05) is 26.7 Å². The van der Waals surface area contributed by atoms with Crippen LogP contribution in [-0.4, -0.2) is 82.2 Å². The van der Waals surface area contributed by atoms with Crippen molar-refractivity contribution in [2.45, 2.75) is 38.3 Å². The van der Waals surface area contributed by atoms with Gasteiger partial charge in [0.2, 0.25) is 21.8 Å². The second kappa shape index (κ2) is 11.4. The van der Waals surface area contributed by atoms with Gasteiger partial charge in [-0.25, -0.2) is 8.42 Å². The maximum absolute atomic E-state index is 13.1. The number of rotatable bonds is 9. The van der Waals surface area contributed by atoms with E-state index in [2.05, 4.69) is 28.4 Å². The van der Waals surface area contributed by atoms with Gasteiger partial charge in [-0.15, -0.1) is 0 Å². The van der Waals surface area contributed by atoms with Crippen molar-refractivity contribution in [2.24, 2.45) is 0 Å². The van der Waals surface area contributed by atoms with E-state index < -0.39 is 22.5 Å². The molecule has 0 aliphatic carbocycles. The Bertz CT molecular complexity index is 1220. The number of nitrogens with one attached hydrogen (secondary N) is 1. The topological polar surface area (TPSA) is 99.3 Å². The lowest BCUT2D eigenvalue weighted by Crippen LogP contribution is -2.45. The Morgan fingerprint density at radius 2 is 1.72 bits per heavy atom. The zero-order chi connectivity index (χ0) is 26.6. The highest BCUT2D eigenvalue weighted by molar-refractivity contribution is 7.89. The average Bonchev–Trinajstić information content (AvgIpc) is 2.81. The van der Waals surface area contributed by atoms with Crippen LogP contribution in [0.4, 0.5) is 0 Å². The van der Waals surface area contributed by atoms with E-state index in [1.54, 1.807) is 30.9 Å². The van der Waals surface area contributed by atoms with E-state index in [1.165, 1.54) is 25.3 Å². The maximum atomic E-state index is 13.1. The Hall–Kier alpha value is -2.95. The standard InChI is InChI=1S/C26H36N4O5S/c1-18-11-23(35-6)12-19(2)26(18)36(33,34)29(5)17-24(31)27-14-25(32)30-10-9-21-13-20(15-28(3)4)7-8-22(21)16-30/h7-8,11-13H,9-10,14-17H2,1-6H3,(H,27,31). The molecule has 0 bridgehead atoms. The molecule has 0 radical (unpaired) electrons. The normalized spacial score (nSPS) is 13.6. The summed E-state index contributed by atoms with van der Waals surface area (Å²) >= 11 is 0. The number of hydrogen-bond donors (Lipinski definition) is 1. The second-order valence-corrected chi connectivity index (χ2v) is 11.5. The number of methoxy groups -OCH3 is 1. The van der Waals surface area contributed by atoms with Crippen LogP contribution < -0.4 is 10.1 Å². The third-order valence-corrected chi connectivity index (χ3v) is 8.38. The first-order valence-electron chi connectivity index (χ1n) is 11.8. The van der Waals surface area contributed by atoms with Crippen LogP contribution in [0.3, 0.4) is 0 Å². The number of carbonyl (C=O) groups is 2. The predicted molar refractivity (Wildman–Crippen MR) is 138 cm³/mol.